The molecule has 0 amide bonds. The number of thiazole rings is 1. The normalized spacial score (nSPS) is 11.1. The second-order valence-electron chi connectivity index (χ2n) is 4.72. The summed E-state index contributed by atoms with van der Waals surface area (Å²) in [5, 5.41) is 6.89. The molecule has 0 bridgehead atoms. The lowest BCUT2D eigenvalue weighted by Gasteiger charge is -1.97. The van der Waals surface area contributed by atoms with Gasteiger partial charge in [-0.2, -0.15) is 5.10 Å². The van der Waals surface area contributed by atoms with Crippen molar-refractivity contribution in [1.29, 1.82) is 0 Å². The van der Waals surface area contributed by atoms with Crippen LogP contribution >= 0.6 is 11.3 Å². The zero-order chi connectivity index (χ0) is 14.7. The standard InChI is InChI=1S/C16H15N3OS/c1-11-3-6-13(7-4-11)15-10-21-16(18-15)19-17-9-14-8-5-12(2)20-14/h3-10H,1-2H3,(H,18,19). The minimum atomic E-state index is 0.718. The number of benzene rings is 1. The van der Waals surface area contributed by atoms with Gasteiger partial charge in [0.2, 0.25) is 5.13 Å². The highest BCUT2D eigenvalue weighted by atomic mass is 32.1. The van der Waals surface area contributed by atoms with Crippen molar-refractivity contribution in [2.24, 2.45) is 5.10 Å². The van der Waals surface area contributed by atoms with Gasteiger partial charge in [-0.25, -0.2) is 4.98 Å². The number of nitrogens with zero attached hydrogens (tertiary/aromatic N) is 2. The van der Waals surface area contributed by atoms with Crippen LogP contribution in [-0.2, 0) is 0 Å². The number of hydrazone groups is 1. The van der Waals surface area contributed by atoms with Gasteiger partial charge in [-0.1, -0.05) is 29.8 Å². The number of anilines is 1. The van der Waals surface area contributed by atoms with E-state index in [4.69, 9.17) is 4.42 Å². The van der Waals surface area contributed by atoms with E-state index in [0.717, 1.165) is 27.9 Å². The number of rotatable bonds is 4. The lowest BCUT2D eigenvalue weighted by atomic mass is 10.1. The van der Waals surface area contributed by atoms with Crippen molar-refractivity contribution in [2.45, 2.75) is 13.8 Å². The minimum absolute atomic E-state index is 0.718. The van der Waals surface area contributed by atoms with E-state index >= 15 is 0 Å². The number of hydrogen-bond acceptors (Lipinski definition) is 5. The van der Waals surface area contributed by atoms with Gasteiger partial charge in [0.25, 0.3) is 0 Å². The third kappa shape index (κ3) is 3.38. The zero-order valence-electron chi connectivity index (χ0n) is 11.8. The Hall–Kier alpha value is -2.40. The van der Waals surface area contributed by atoms with Crippen LogP contribution in [0.2, 0.25) is 0 Å². The van der Waals surface area contributed by atoms with Crippen LogP contribution in [0.1, 0.15) is 17.1 Å². The Labute approximate surface area is 127 Å². The Morgan fingerprint density at radius 2 is 1.95 bits per heavy atom. The maximum absolute atomic E-state index is 5.40. The first kappa shape index (κ1) is 13.6. The van der Waals surface area contributed by atoms with E-state index in [1.54, 1.807) is 6.21 Å². The summed E-state index contributed by atoms with van der Waals surface area (Å²) < 4.78 is 5.40. The molecule has 21 heavy (non-hydrogen) atoms. The Morgan fingerprint density at radius 3 is 2.67 bits per heavy atom. The molecule has 2 heterocycles. The highest BCUT2D eigenvalue weighted by Crippen LogP contribution is 2.25. The highest BCUT2D eigenvalue weighted by Gasteiger charge is 2.03. The molecule has 2 aromatic heterocycles. The maximum atomic E-state index is 5.40. The minimum Gasteiger partial charge on any atom is -0.460 e. The molecule has 1 aromatic carbocycles. The van der Waals surface area contributed by atoms with Crippen LogP contribution in [0.15, 0.2) is 51.3 Å². The molecule has 0 saturated carbocycles. The summed E-state index contributed by atoms with van der Waals surface area (Å²) in [6.45, 7) is 3.97. The number of furan rings is 1. The molecule has 0 spiro atoms. The summed E-state index contributed by atoms with van der Waals surface area (Å²) in [7, 11) is 0. The van der Waals surface area contributed by atoms with Gasteiger partial charge in [-0.05, 0) is 26.0 Å². The van der Waals surface area contributed by atoms with E-state index < -0.39 is 0 Å². The molecule has 0 saturated heterocycles. The summed E-state index contributed by atoms with van der Waals surface area (Å²) in [4.78, 5) is 4.51. The van der Waals surface area contributed by atoms with Crippen LogP contribution in [-0.4, -0.2) is 11.2 Å². The van der Waals surface area contributed by atoms with Crippen LogP contribution in [0.3, 0.4) is 0 Å². The summed E-state index contributed by atoms with van der Waals surface area (Å²) in [6, 6.07) is 12.1. The molecular weight excluding hydrogens is 282 g/mol. The van der Waals surface area contributed by atoms with Gasteiger partial charge in [0.1, 0.15) is 11.5 Å². The Kier molecular flexibility index (Phi) is 3.83. The first-order valence-corrected chi connectivity index (χ1v) is 7.47. The number of aryl methyl sites for hydroxylation is 2. The number of aromatic nitrogens is 1. The molecule has 5 heteroatoms. The Bertz CT molecular complexity index is 756. The van der Waals surface area contributed by atoms with Gasteiger partial charge in [0.15, 0.2) is 0 Å². The van der Waals surface area contributed by atoms with E-state index in [1.807, 2.05) is 24.4 Å². The van der Waals surface area contributed by atoms with Crippen molar-refractivity contribution < 1.29 is 4.42 Å². The van der Waals surface area contributed by atoms with Crippen molar-refractivity contribution in [2.75, 3.05) is 5.43 Å². The fraction of sp³-hybridized carbons (Fsp3) is 0.125. The molecule has 0 unspecified atom stereocenters. The summed E-state index contributed by atoms with van der Waals surface area (Å²) in [5.74, 6) is 1.59. The van der Waals surface area contributed by atoms with Gasteiger partial charge in [-0.3, -0.25) is 5.43 Å². The van der Waals surface area contributed by atoms with Gasteiger partial charge < -0.3 is 4.42 Å². The smallest absolute Gasteiger partial charge is 0.203 e. The summed E-state index contributed by atoms with van der Waals surface area (Å²) in [5.41, 5.74) is 6.22. The van der Waals surface area contributed by atoms with Gasteiger partial charge in [0, 0.05) is 10.9 Å². The lowest BCUT2D eigenvalue weighted by molar-refractivity contribution is 0.528. The second-order valence-corrected chi connectivity index (χ2v) is 5.58. The molecule has 1 N–H and O–H groups in total. The molecule has 0 fully saturated rings. The summed E-state index contributed by atoms with van der Waals surface area (Å²) in [6.07, 6.45) is 1.64. The Morgan fingerprint density at radius 1 is 1.14 bits per heavy atom. The van der Waals surface area contributed by atoms with Crippen LogP contribution < -0.4 is 5.43 Å². The highest BCUT2D eigenvalue weighted by molar-refractivity contribution is 7.14. The maximum Gasteiger partial charge on any atom is 0.203 e. The van der Waals surface area contributed by atoms with E-state index in [9.17, 15) is 0 Å². The molecule has 0 radical (unpaired) electrons. The fourth-order valence-electron chi connectivity index (χ4n) is 1.86. The molecular formula is C16H15N3OS. The van der Waals surface area contributed by atoms with E-state index in [-0.39, 0.29) is 0 Å². The van der Waals surface area contributed by atoms with E-state index in [1.165, 1.54) is 16.9 Å². The van der Waals surface area contributed by atoms with E-state index in [2.05, 4.69) is 46.7 Å². The Balaban J connectivity index is 1.67. The molecule has 106 valence electrons. The third-order valence-corrected chi connectivity index (χ3v) is 3.71. The number of nitrogens with one attached hydrogen (secondary N) is 1. The fourth-order valence-corrected chi connectivity index (χ4v) is 2.52. The SMILES string of the molecule is Cc1ccc(-c2csc(NN=Cc3ccc(C)o3)n2)cc1. The average molecular weight is 297 g/mol. The first-order valence-electron chi connectivity index (χ1n) is 6.59. The molecule has 0 aliphatic heterocycles. The summed E-state index contributed by atoms with van der Waals surface area (Å²) >= 11 is 1.52. The zero-order valence-corrected chi connectivity index (χ0v) is 12.6. The van der Waals surface area contributed by atoms with Gasteiger partial charge in [0.05, 0.1) is 11.9 Å². The molecule has 3 aromatic rings. The molecule has 0 aliphatic rings. The third-order valence-electron chi connectivity index (χ3n) is 2.96. The van der Waals surface area contributed by atoms with Gasteiger partial charge in [-0.15, -0.1) is 11.3 Å². The second kappa shape index (κ2) is 5.93. The van der Waals surface area contributed by atoms with Crippen LogP contribution in [0.25, 0.3) is 11.3 Å². The van der Waals surface area contributed by atoms with Crippen LogP contribution in [0.4, 0.5) is 5.13 Å². The average Bonchev–Trinajstić information content (AvgIpc) is 3.09. The van der Waals surface area contributed by atoms with Crippen molar-refractivity contribution in [3.05, 3.63) is 58.9 Å². The van der Waals surface area contributed by atoms with Crippen LogP contribution in [0, 0.1) is 13.8 Å². The molecule has 0 atom stereocenters. The monoisotopic (exact) mass is 297 g/mol. The predicted molar refractivity (Wildman–Crippen MR) is 86.9 cm³/mol. The molecule has 3 rings (SSSR count). The van der Waals surface area contributed by atoms with E-state index in [0.29, 0.717) is 0 Å². The lowest BCUT2D eigenvalue weighted by Crippen LogP contribution is -1.89. The largest absolute Gasteiger partial charge is 0.460 e. The topological polar surface area (TPSA) is 50.4 Å². The van der Waals surface area contributed by atoms with Crippen molar-refractivity contribution in [3.63, 3.8) is 0 Å². The van der Waals surface area contributed by atoms with Gasteiger partial charge >= 0.3 is 0 Å². The van der Waals surface area contributed by atoms with Crippen molar-refractivity contribution in [3.8, 4) is 11.3 Å². The number of hydrogen-bond donors (Lipinski definition) is 1. The predicted octanol–water partition coefficient (Wildman–Crippen LogP) is 4.47. The quantitative estimate of drug-likeness (QED) is 0.571. The molecule has 0 aliphatic carbocycles. The van der Waals surface area contributed by atoms with Crippen molar-refractivity contribution in [1.82, 2.24) is 4.98 Å². The molecule has 4 nitrogen and oxygen atoms in total. The van der Waals surface area contributed by atoms with Crippen molar-refractivity contribution >= 4 is 22.7 Å². The van der Waals surface area contributed by atoms with Crippen LogP contribution in [0.5, 0.6) is 0 Å². The first-order chi connectivity index (χ1) is 10.2.